The molecule has 1 aliphatic rings. The van der Waals surface area contributed by atoms with Crippen LogP contribution in [0.1, 0.15) is 0 Å². The van der Waals surface area contributed by atoms with Crippen molar-refractivity contribution < 1.29 is 25.9 Å². The Kier molecular flexibility index (Phi) is 1.90. The molecule has 1 rings (SSSR count). The van der Waals surface area contributed by atoms with Gasteiger partial charge in [-0.2, -0.15) is 0 Å². The molecule has 0 aromatic carbocycles. The number of halogens is 1. The number of ether oxygens (including phenoxy) is 1. The molecular formula is C4H7INO-. The quantitative estimate of drug-likeness (QED) is 0.337. The zero-order valence-corrected chi connectivity index (χ0v) is 6.31. The van der Waals surface area contributed by atoms with Crippen LogP contribution >= 0.6 is 0 Å². The zero-order chi connectivity index (χ0) is 5.11. The zero-order valence-electron chi connectivity index (χ0n) is 4.15. The standard InChI is InChI=1S/C4H7INO/c1-5-4-6-2-3-7-4/h2-3H2,1H3/q-1. The molecule has 0 unspecified atom stereocenters. The van der Waals surface area contributed by atoms with Crippen LogP contribution < -0.4 is 21.2 Å². The third-order valence-electron chi connectivity index (χ3n) is 0.710. The number of aliphatic imine (C=N–C) groups is 1. The molecule has 0 radical (unpaired) electrons. The first kappa shape index (κ1) is 5.34. The summed E-state index contributed by atoms with van der Waals surface area (Å²) >= 11 is 0.132. The van der Waals surface area contributed by atoms with E-state index < -0.39 is 0 Å². The second kappa shape index (κ2) is 2.49. The summed E-state index contributed by atoms with van der Waals surface area (Å²) in [4.78, 5) is 6.25. The predicted molar refractivity (Wildman–Crippen MR) is 24.2 cm³/mol. The van der Waals surface area contributed by atoms with Gasteiger partial charge in [-0.25, -0.2) is 0 Å². The number of rotatable bonds is 1. The van der Waals surface area contributed by atoms with E-state index in [4.69, 9.17) is 4.74 Å². The fourth-order valence-corrected chi connectivity index (χ4v) is 1.54. The van der Waals surface area contributed by atoms with E-state index in [1.807, 2.05) is 0 Å². The molecule has 3 heteroatoms. The molecule has 0 aromatic rings. The Bertz CT molecular complexity index is 91.7. The van der Waals surface area contributed by atoms with Gasteiger partial charge in [-0.1, -0.05) is 0 Å². The first-order valence-electron chi connectivity index (χ1n) is 2.10. The van der Waals surface area contributed by atoms with Gasteiger partial charge in [0, 0.05) is 0 Å². The summed E-state index contributed by atoms with van der Waals surface area (Å²) in [6.45, 7) is 1.71. The van der Waals surface area contributed by atoms with E-state index in [9.17, 15) is 0 Å². The van der Waals surface area contributed by atoms with Gasteiger partial charge in [-0.3, -0.25) is 0 Å². The van der Waals surface area contributed by atoms with Gasteiger partial charge in [0.05, 0.1) is 0 Å². The second-order valence-electron chi connectivity index (χ2n) is 1.17. The average Bonchev–Trinajstić information content (AvgIpc) is 2.14. The Morgan fingerprint density at radius 1 is 1.86 bits per heavy atom. The van der Waals surface area contributed by atoms with E-state index in [2.05, 4.69) is 9.92 Å². The topological polar surface area (TPSA) is 21.6 Å². The summed E-state index contributed by atoms with van der Waals surface area (Å²) in [6.07, 6.45) is 0. The van der Waals surface area contributed by atoms with Crippen LogP contribution in [0.15, 0.2) is 4.99 Å². The molecule has 0 bridgehead atoms. The minimum absolute atomic E-state index is 0.132. The average molecular weight is 212 g/mol. The fraction of sp³-hybridized carbons (Fsp3) is 0.750. The molecule has 0 spiro atoms. The van der Waals surface area contributed by atoms with Crippen molar-refractivity contribution in [2.24, 2.45) is 4.99 Å². The van der Waals surface area contributed by atoms with Crippen molar-refractivity contribution in [3.05, 3.63) is 0 Å². The van der Waals surface area contributed by atoms with E-state index in [1.165, 1.54) is 0 Å². The molecule has 0 saturated heterocycles. The number of nitrogens with zero attached hydrogens (tertiary/aromatic N) is 1. The van der Waals surface area contributed by atoms with Gasteiger partial charge in [0.25, 0.3) is 0 Å². The molecule has 0 fully saturated rings. The van der Waals surface area contributed by atoms with Crippen molar-refractivity contribution in [2.75, 3.05) is 18.1 Å². The van der Waals surface area contributed by atoms with Crippen LogP contribution in [-0.2, 0) is 4.74 Å². The third kappa shape index (κ3) is 1.29. The summed E-state index contributed by atoms with van der Waals surface area (Å²) < 4.78 is 6.13. The van der Waals surface area contributed by atoms with Gasteiger partial charge in [0.2, 0.25) is 0 Å². The predicted octanol–water partition coefficient (Wildman–Crippen LogP) is -2.91. The van der Waals surface area contributed by atoms with Gasteiger partial charge in [-0.05, 0) is 0 Å². The molecule has 2 nitrogen and oxygen atoms in total. The monoisotopic (exact) mass is 212 g/mol. The first-order valence-corrected chi connectivity index (χ1v) is 5.34. The van der Waals surface area contributed by atoms with E-state index in [-0.39, 0.29) is 21.2 Å². The van der Waals surface area contributed by atoms with Gasteiger partial charge in [0.15, 0.2) is 0 Å². The van der Waals surface area contributed by atoms with Gasteiger partial charge in [0.1, 0.15) is 0 Å². The van der Waals surface area contributed by atoms with E-state index in [1.54, 1.807) is 0 Å². The number of alkyl halides is 1. The van der Waals surface area contributed by atoms with Gasteiger partial charge < -0.3 is 0 Å². The molecule has 1 heterocycles. The van der Waals surface area contributed by atoms with Crippen LogP contribution in [0.4, 0.5) is 0 Å². The Balaban J connectivity index is 2.36. The van der Waals surface area contributed by atoms with E-state index in [0.29, 0.717) is 0 Å². The van der Waals surface area contributed by atoms with Crippen molar-refractivity contribution in [3.8, 4) is 0 Å². The van der Waals surface area contributed by atoms with Gasteiger partial charge in [-0.15, -0.1) is 0 Å². The maximum absolute atomic E-state index is 5.10. The summed E-state index contributed by atoms with van der Waals surface area (Å²) in [7, 11) is 0. The van der Waals surface area contributed by atoms with Gasteiger partial charge >= 0.3 is 52.9 Å². The van der Waals surface area contributed by atoms with Crippen LogP contribution in [0.2, 0.25) is 0 Å². The third-order valence-corrected chi connectivity index (χ3v) is 2.29. The molecule has 0 saturated carbocycles. The molecule has 0 atom stereocenters. The van der Waals surface area contributed by atoms with Crippen molar-refractivity contribution >= 4 is 3.90 Å². The molecule has 42 valence electrons. The summed E-state index contributed by atoms with van der Waals surface area (Å²) in [5.74, 6) is 0. The molecule has 7 heavy (non-hydrogen) atoms. The molecule has 1 aliphatic heterocycles. The second-order valence-corrected chi connectivity index (χ2v) is 3.17. The number of hydrogen-bond acceptors (Lipinski definition) is 2. The Labute approximate surface area is 53.2 Å². The first-order chi connectivity index (χ1) is 3.43. The van der Waals surface area contributed by atoms with Crippen molar-refractivity contribution in [1.29, 1.82) is 0 Å². The molecule has 0 aliphatic carbocycles. The molecule has 0 N–H and O–H groups in total. The van der Waals surface area contributed by atoms with E-state index in [0.717, 1.165) is 17.1 Å². The summed E-state index contributed by atoms with van der Waals surface area (Å²) in [5.41, 5.74) is 0. The Morgan fingerprint density at radius 2 is 2.71 bits per heavy atom. The van der Waals surface area contributed by atoms with Crippen molar-refractivity contribution in [3.63, 3.8) is 0 Å². The van der Waals surface area contributed by atoms with Crippen LogP contribution in [0.25, 0.3) is 0 Å². The SMILES string of the molecule is C[I-]C1=NCCO1. The normalized spacial score (nSPS) is 19.3. The number of hydrogen-bond donors (Lipinski definition) is 0. The van der Waals surface area contributed by atoms with Crippen LogP contribution in [0.3, 0.4) is 0 Å². The summed E-state index contributed by atoms with van der Waals surface area (Å²) in [5, 5.41) is 0. The van der Waals surface area contributed by atoms with Crippen LogP contribution in [0.5, 0.6) is 0 Å². The molecule has 0 amide bonds. The Morgan fingerprint density at radius 3 is 3.00 bits per heavy atom. The minimum atomic E-state index is 0.132. The van der Waals surface area contributed by atoms with Crippen molar-refractivity contribution in [1.82, 2.24) is 0 Å². The van der Waals surface area contributed by atoms with Crippen LogP contribution in [0, 0.1) is 0 Å². The summed E-state index contributed by atoms with van der Waals surface area (Å²) in [6, 6.07) is 0. The molecule has 0 aromatic heterocycles. The fourth-order valence-electron chi connectivity index (χ4n) is 0.423. The van der Waals surface area contributed by atoms with E-state index >= 15 is 0 Å². The van der Waals surface area contributed by atoms with Crippen molar-refractivity contribution in [2.45, 2.75) is 0 Å². The molecular weight excluding hydrogens is 205 g/mol. The van der Waals surface area contributed by atoms with Crippen LogP contribution in [-0.4, -0.2) is 22.0 Å². The Hall–Kier alpha value is 0.200. The maximum atomic E-state index is 5.10.